The molecular formula is C52H40N6O2. The Kier molecular flexibility index (Phi) is 9.22. The lowest BCUT2D eigenvalue weighted by Crippen LogP contribution is -2.29. The van der Waals surface area contributed by atoms with E-state index in [4.69, 9.17) is 9.47 Å². The summed E-state index contributed by atoms with van der Waals surface area (Å²) in [4.78, 5) is 9.29. The van der Waals surface area contributed by atoms with Crippen molar-refractivity contribution in [2.24, 2.45) is 0 Å². The maximum atomic E-state index is 6.45. The van der Waals surface area contributed by atoms with Crippen molar-refractivity contribution in [1.82, 2.24) is 19.1 Å². The van der Waals surface area contributed by atoms with Crippen LogP contribution in [-0.4, -0.2) is 19.1 Å². The summed E-state index contributed by atoms with van der Waals surface area (Å²) in [5.41, 5.74) is 14.4. The van der Waals surface area contributed by atoms with E-state index in [0.29, 0.717) is 34.4 Å². The van der Waals surface area contributed by atoms with E-state index in [1.807, 2.05) is 60.7 Å². The molecule has 0 bridgehead atoms. The van der Waals surface area contributed by atoms with Gasteiger partial charge in [-0.1, -0.05) is 95.1 Å². The van der Waals surface area contributed by atoms with Crippen LogP contribution in [0.1, 0.15) is 22.3 Å². The molecule has 8 heteroatoms. The van der Waals surface area contributed by atoms with Gasteiger partial charge in [-0.25, -0.2) is 0 Å². The normalized spacial score (nSPS) is 11.3. The van der Waals surface area contributed by atoms with Gasteiger partial charge in [0.05, 0.1) is 56.2 Å². The van der Waals surface area contributed by atoms with E-state index in [-0.39, 0.29) is 0 Å². The minimum absolute atomic E-state index is 0.637. The zero-order chi connectivity index (χ0) is 40.7. The molecule has 0 spiro atoms. The summed E-state index contributed by atoms with van der Waals surface area (Å²) in [7, 11) is 0. The Morgan fingerprint density at radius 2 is 0.817 bits per heavy atom. The molecule has 10 aromatic rings. The number of hydrogen-bond donors (Lipinski definition) is 0. The Morgan fingerprint density at radius 1 is 0.417 bits per heavy atom. The second kappa shape index (κ2) is 15.2. The van der Waals surface area contributed by atoms with Crippen molar-refractivity contribution in [1.29, 1.82) is 0 Å². The van der Waals surface area contributed by atoms with Gasteiger partial charge in [0.15, 0.2) is 0 Å². The molecule has 0 N–H and O–H groups in total. The van der Waals surface area contributed by atoms with Crippen LogP contribution in [0, 0.1) is 40.3 Å². The highest BCUT2D eigenvalue weighted by atomic mass is 16.5. The zero-order valence-corrected chi connectivity index (χ0v) is 33.7. The van der Waals surface area contributed by atoms with Crippen molar-refractivity contribution in [2.75, 3.05) is 0 Å². The molecule has 60 heavy (non-hydrogen) atoms. The Balaban J connectivity index is 0.902. The summed E-state index contributed by atoms with van der Waals surface area (Å²) in [6.45, 7) is 8.48. The number of imidazole rings is 2. The first-order valence-electron chi connectivity index (χ1n) is 19.9. The van der Waals surface area contributed by atoms with Crippen molar-refractivity contribution in [3.8, 4) is 57.1 Å². The summed E-state index contributed by atoms with van der Waals surface area (Å²) in [5, 5.41) is 0. The number of ether oxygens (including phenoxy) is 2. The average Bonchev–Trinajstić information content (AvgIpc) is 3.84. The van der Waals surface area contributed by atoms with Gasteiger partial charge in [0.1, 0.15) is 23.0 Å². The molecular weight excluding hydrogens is 741 g/mol. The Hall–Kier alpha value is -7.84. The van der Waals surface area contributed by atoms with Gasteiger partial charge in [0.2, 0.25) is 0 Å². The number of benzene rings is 6. The molecule has 0 amide bonds. The third-order valence-corrected chi connectivity index (χ3v) is 10.4. The minimum Gasteiger partial charge on any atom is -0.458 e. The smallest absolute Gasteiger partial charge is 0.269 e. The van der Waals surface area contributed by atoms with Gasteiger partial charge in [0, 0.05) is 24.5 Å². The third-order valence-electron chi connectivity index (χ3n) is 10.4. The highest BCUT2D eigenvalue weighted by molar-refractivity contribution is 5.76. The molecule has 8 nitrogen and oxygen atoms in total. The van der Waals surface area contributed by atoms with E-state index in [2.05, 4.69) is 166 Å². The molecule has 290 valence electrons. The fourth-order valence-electron chi connectivity index (χ4n) is 7.92. The molecule has 4 aromatic heterocycles. The highest BCUT2D eigenvalue weighted by Crippen LogP contribution is 2.30. The van der Waals surface area contributed by atoms with Crippen LogP contribution in [0.3, 0.4) is 0 Å². The van der Waals surface area contributed by atoms with Gasteiger partial charge in [-0.15, -0.1) is 0 Å². The molecule has 10 rings (SSSR count). The van der Waals surface area contributed by atoms with E-state index < -0.39 is 0 Å². The van der Waals surface area contributed by atoms with Gasteiger partial charge in [-0.2, -0.15) is 0 Å². The van der Waals surface area contributed by atoms with Gasteiger partial charge >= 0.3 is 0 Å². The maximum Gasteiger partial charge on any atom is 0.269 e. The third kappa shape index (κ3) is 7.16. The number of hydrogen-bond acceptors (Lipinski definition) is 4. The quantitative estimate of drug-likeness (QED) is 0.108. The zero-order valence-electron chi connectivity index (χ0n) is 33.7. The monoisotopic (exact) mass is 780 g/mol. The average molecular weight is 781 g/mol. The van der Waals surface area contributed by atoms with Gasteiger partial charge in [-0.05, 0) is 100 Å². The van der Waals surface area contributed by atoms with Gasteiger partial charge in [-0.3, -0.25) is 28.2 Å². The van der Waals surface area contributed by atoms with Crippen LogP contribution in [0.15, 0.2) is 170 Å². The molecule has 0 aliphatic heterocycles. The molecule has 0 aliphatic carbocycles. The topological polar surface area (TPSA) is 61.9 Å². The van der Waals surface area contributed by atoms with Crippen LogP contribution in [0.2, 0.25) is 0 Å². The molecule has 6 aromatic carbocycles. The standard InChI is InChI=1S/C52H40N6O2/c1-35-23-36(2)26-41(25-35)57-33-55(49-15-5-7-17-51(49)57)39-11-9-13-43(29-39)59-45-19-21-53-47(31-45)48-32-46(20-22-54-48)60-44-14-10-12-40(30-44)56-34-58(52-18-8-6-16-50(52)56)42-27-37(3)24-38(4)28-42/h5-32H,1-4H3. The molecule has 0 saturated heterocycles. The van der Waals surface area contributed by atoms with E-state index >= 15 is 0 Å². The lowest BCUT2D eigenvalue weighted by Gasteiger charge is -2.11. The fraction of sp³-hybridized carbons (Fsp3) is 0.0769. The first-order chi connectivity index (χ1) is 29.3. The second-order valence-electron chi connectivity index (χ2n) is 15.2. The number of rotatable bonds is 9. The van der Waals surface area contributed by atoms with Crippen molar-refractivity contribution in [2.45, 2.75) is 27.7 Å². The van der Waals surface area contributed by atoms with Crippen LogP contribution in [0.4, 0.5) is 0 Å². The highest BCUT2D eigenvalue weighted by Gasteiger charge is 2.16. The van der Waals surface area contributed by atoms with E-state index in [9.17, 15) is 0 Å². The van der Waals surface area contributed by atoms with Crippen molar-refractivity contribution in [3.63, 3.8) is 0 Å². The van der Waals surface area contributed by atoms with Crippen LogP contribution in [0.5, 0.6) is 23.0 Å². The fourth-order valence-corrected chi connectivity index (χ4v) is 7.92. The number of aryl methyl sites for hydroxylation is 4. The minimum atomic E-state index is 0.637. The summed E-state index contributed by atoms with van der Waals surface area (Å²) in [6, 6.07) is 53.3. The maximum absolute atomic E-state index is 6.45. The van der Waals surface area contributed by atoms with Crippen molar-refractivity contribution < 1.29 is 18.6 Å². The summed E-state index contributed by atoms with van der Waals surface area (Å²) >= 11 is 0. The number of pyridine rings is 2. The molecule has 0 atom stereocenters. The first kappa shape index (κ1) is 36.5. The molecule has 0 radical (unpaired) electrons. The largest absolute Gasteiger partial charge is 0.458 e. The van der Waals surface area contributed by atoms with Crippen molar-refractivity contribution >= 4 is 22.1 Å². The second-order valence-corrected chi connectivity index (χ2v) is 15.2. The summed E-state index contributed by atoms with van der Waals surface area (Å²) in [5.74, 6) is 2.65. The lowest BCUT2D eigenvalue weighted by atomic mass is 10.1. The van der Waals surface area contributed by atoms with Gasteiger partial charge in [0.25, 0.3) is 12.7 Å². The molecule has 0 unspecified atom stereocenters. The number of nitrogens with zero attached hydrogens (tertiary/aromatic N) is 6. The predicted molar refractivity (Wildman–Crippen MR) is 234 cm³/mol. The van der Waals surface area contributed by atoms with Crippen LogP contribution in [-0.2, 0) is 0 Å². The van der Waals surface area contributed by atoms with E-state index in [1.54, 1.807) is 12.4 Å². The first-order valence-corrected chi connectivity index (χ1v) is 19.9. The molecule has 0 saturated carbocycles. The van der Waals surface area contributed by atoms with Gasteiger partial charge < -0.3 is 9.47 Å². The van der Waals surface area contributed by atoms with Crippen LogP contribution < -0.4 is 18.6 Å². The molecule has 0 aliphatic rings. The number of aromatic nitrogens is 6. The predicted octanol–water partition coefficient (Wildman–Crippen LogP) is 11.0. The summed E-state index contributed by atoms with van der Waals surface area (Å²) in [6.07, 6.45) is 10.7. The van der Waals surface area contributed by atoms with Crippen LogP contribution >= 0.6 is 0 Å². The Morgan fingerprint density at radius 3 is 1.25 bits per heavy atom. The van der Waals surface area contributed by atoms with E-state index in [1.165, 1.54) is 22.3 Å². The van der Waals surface area contributed by atoms with Crippen molar-refractivity contribution in [3.05, 3.63) is 205 Å². The molecule has 0 fully saturated rings. The Bertz CT molecular complexity index is 2980. The van der Waals surface area contributed by atoms with E-state index in [0.717, 1.165) is 44.8 Å². The van der Waals surface area contributed by atoms with Crippen LogP contribution in [0.25, 0.3) is 56.2 Å². The number of para-hydroxylation sites is 4. The summed E-state index contributed by atoms with van der Waals surface area (Å²) < 4.78 is 21.3. The Labute approximate surface area is 348 Å². The SMILES string of the molecule is Cc1cc(C)cc(-n2[c-][n+](-c3cccc(Oc4ccnc(-c5cc(Oc6cccc(-[n+]7[c-]n(-c8cc(C)cc(C)c8)c8ccccc87)c6)ccn5)c4)c3)c3ccccc32)c1. The lowest BCUT2D eigenvalue weighted by molar-refractivity contribution is -0.572. The number of fused-ring (bicyclic) bond motifs is 2. The molecule has 4 heterocycles.